The number of rotatable bonds is 4. The van der Waals surface area contributed by atoms with Gasteiger partial charge < -0.3 is 4.90 Å². The van der Waals surface area contributed by atoms with Crippen molar-refractivity contribution in [1.82, 2.24) is 10.4 Å². The lowest BCUT2D eigenvalue weighted by Crippen LogP contribution is -2.46. The van der Waals surface area contributed by atoms with E-state index in [4.69, 9.17) is 16.8 Å². The molecule has 0 bridgehead atoms. The molecule has 6 heteroatoms. The first kappa shape index (κ1) is 17.6. The molecule has 1 aliphatic carbocycles. The summed E-state index contributed by atoms with van der Waals surface area (Å²) in [5.74, 6) is 1.31. The third-order valence-corrected chi connectivity index (χ3v) is 5.80. The fourth-order valence-electron chi connectivity index (χ4n) is 3.13. The van der Waals surface area contributed by atoms with Crippen molar-refractivity contribution in [2.75, 3.05) is 31.6 Å². The number of nitrogens with one attached hydrogen (secondary N) is 1. The molecule has 1 spiro atoms. The second kappa shape index (κ2) is 8.20. The zero-order chi connectivity index (χ0) is 16.0. The van der Waals surface area contributed by atoms with Crippen LogP contribution in [0.4, 0.5) is 0 Å². The molecule has 122 valence electrons. The predicted octanol–water partition coefficient (Wildman–Crippen LogP) is 2.80. The lowest BCUT2D eigenvalue weighted by Gasteiger charge is -2.45. The highest BCUT2D eigenvalue weighted by molar-refractivity contribution is 7.99. The molecule has 2 rings (SSSR count). The second-order valence-electron chi connectivity index (χ2n) is 6.01. The van der Waals surface area contributed by atoms with Gasteiger partial charge in [-0.1, -0.05) is 29.8 Å². The first-order valence-corrected chi connectivity index (χ1v) is 9.00. The highest BCUT2D eigenvalue weighted by Crippen LogP contribution is 2.43. The van der Waals surface area contributed by atoms with E-state index in [2.05, 4.69) is 30.2 Å². The predicted molar refractivity (Wildman–Crippen MR) is 92.1 cm³/mol. The number of hydrogen-bond donors (Lipinski definition) is 2. The third-order valence-electron chi connectivity index (χ3n) is 4.44. The Balaban J connectivity index is 2.08. The largest absolute Gasteiger partial charge is 0.306 e. The minimum absolute atomic E-state index is 0.125. The van der Waals surface area contributed by atoms with Crippen molar-refractivity contribution in [3.8, 4) is 0 Å². The standard InChI is InChI=1S/C16H23ClN2O2S/c1-19-9-8-16(6-2-4-14(17)5-3-7-16)13(10-19)11-22-12-15(20)18-21/h2-6,13,21H,7-12H2,1H3,(H,18,20)/b5-3-,6-2+,14-4+/t13-,16?/m1/s1. The van der Waals surface area contributed by atoms with Gasteiger partial charge in [0.15, 0.2) is 0 Å². The van der Waals surface area contributed by atoms with Crippen LogP contribution in [0.5, 0.6) is 0 Å². The van der Waals surface area contributed by atoms with Gasteiger partial charge >= 0.3 is 0 Å². The number of hydrogen-bond acceptors (Lipinski definition) is 4. The summed E-state index contributed by atoms with van der Waals surface area (Å²) in [6, 6.07) is 0. The van der Waals surface area contributed by atoms with E-state index in [1.165, 1.54) is 0 Å². The summed E-state index contributed by atoms with van der Waals surface area (Å²) in [5.41, 5.74) is 1.81. The van der Waals surface area contributed by atoms with Gasteiger partial charge in [-0.05, 0) is 55.7 Å². The number of nitrogens with zero attached hydrogens (tertiary/aromatic N) is 1. The van der Waals surface area contributed by atoms with Crippen LogP contribution >= 0.6 is 23.4 Å². The van der Waals surface area contributed by atoms with Crippen LogP contribution in [0.15, 0.2) is 35.4 Å². The van der Waals surface area contributed by atoms with Gasteiger partial charge in [0.25, 0.3) is 5.91 Å². The quantitative estimate of drug-likeness (QED) is 0.609. The fourth-order valence-corrected chi connectivity index (χ4v) is 4.38. The molecule has 0 radical (unpaired) electrons. The van der Waals surface area contributed by atoms with Crippen LogP contribution in [0, 0.1) is 11.3 Å². The summed E-state index contributed by atoms with van der Waals surface area (Å²) < 4.78 is 0. The number of piperidine rings is 1. The van der Waals surface area contributed by atoms with E-state index in [1.807, 2.05) is 12.2 Å². The molecule has 1 amide bonds. The van der Waals surface area contributed by atoms with Crippen molar-refractivity contribution in [1.29, 1.82) is 0 Å². The number of likely N-dealkylation sites (tertiary alicyclic amines) is 1. The Morgan fingerprint density at radius 2 is 2.45 bits per heavy atom. The lowest BCUT2D eigenvalue weighted by molar-refractivity contribution is -0.126. The Morgan fingerprint density at radius 1 is 1.64 bits per heavy atom. The summed E-state index contributed by atoms with van der Waals surface area (Å²) in [4.78, 5) is 13.5. The van der Waals surface area contributed by atoms with Crippen molar-refractivity contribution >= 4 is 29.3 Å². The summed E-state index contributed by atoms with van der Waals surface area (Å²) >= 11 is 7.63. The molecule has 1 fully saturated rings. The molecule has 1 heterocycles. The van der Waals surface area contributed by atoms with E-state index in [0.717, 1.165) is 36.7 Å². The Labute approximate surface area is 141 Å². The van der Waals surface area contributed by atoms with Crippen LogP contribution in [0.3, 0.4) is 0 Å². The van der Waals surface area contributed by atoms with E-state index in [-0.39, 0.29) is 17.1 Å². The maximum absolute atomic E-state index is 11.2. The van der Waals surface area contributed by atoms with Gasteiger partial charge in [0, 0.05) is 11.6 Å². The van der Waals surface area contributed by atoms with Gasteiger partial charge in [0.1, 0.15) is 0 Å². The zero-order valence-electron chi connectivity index (χ0n) is 12.8. The molecule has 0 saturated carbocycles. The van der Waals surface area contributed by atoms with E-state index < -0.39 is 0 Å². The summed E-state index contributed by atoms with van der Waals surface area (Å²) in [6.45, 7) is 2.09. The summed E-state index contributed by atoms with van der Waals surface area (Å²) in [5, 5.41) is 9.34. The van der Waals surface area contributed by atoms with E-state index >= 15 is 0 Å². The first-order chi connectivity index (χ1) is 10.6. The molecule has 0 aromatic heterocycles. The number of carbonyl (C=O) groups is 1. The SMILES string of the molecule is CN1CCC2(/C=C/C=C(Cl)\C=C/C2)[C@@H](CSCC(=O)NO)C1. The van der Waals surface area contributed by atoms with E-state index in [0.29, 0.717) is 5.92 Å². The summed E-state index contributed by atoms with van der Waals surface area (Å²) in [7, 11) is 2.14. The lowest BCUT2D eigenvalue weighted by atomic mass is 9.68. The third kappa shape index (κ3) is 4.62. The van der Waals surface area contributed by atoms with Gasteiger partial charge in [-0.3, -0.25) is 10.0 Å². The molecular formula is C16H23ClN2O2S. The fraction of sp³-hybridized carbons (Fsp3) is 0.562. The molecule has 0 aromatic carbocycles. The number of halogens is 1. The first-order valence-electron chi connectivity index (χ1n) is 7.46. The van der Waals surface area contributed by atoms with E-state index in [9.17, 15) is 4.79 Å². The smallest absolute Gasteiger partial charge is 0.253 e. The minimum atomic E-state index is -0.342. The van der Waals surface area contributed by atoms with Gasteiger partial charge in [-0.15, -0.1) is 0 Å². The molecule has 2 aliphatic rings. The molecule has 1 unspecified atom stereocenters. The number of carbonyl (C=O) groups excluding carboxylic acids is 1. The molecule has 2 atom stereocenters. The van der Waals surface area contributed by atoms with Gasteiger partial charge in [0.05, 0.1) is 5.75 Å². The van der Waals surface area contributed by atoms with Crippen LogP contribution < -0.4 is 5.48 Å². The molecule has 4 nitrogen and oxygen atoms in total. The van der Waals surface area contributed by atoms with Crippen molar-refractivity contribution in [2.24, 2.45) is 11.3 Å². The van der Waals surface area contributed by atoms with Gasteiger partial charge in [0.2, 0.25) is 0 Å². The maximum atomic E-state index is 11.2. The minimum Gasteiger partial charge on any atom is -0.306 e. The van der Waals surface area contributed by atoms with Gasteiger partial charge in [-0.25, -0.2) is 5.48 Å². The van der Waals surface area contributed by atoms with Gasteiger partial charge in [-0.2, -0.15) is 11.8 Å². The van der Waals surface area contributed by atoms with Crippen LogP contribution in [-0.2, 0) is 4.79 Å². The molecular weight excluding hydrogens is 320 g/mol. The van der Waals surface area contributed by atoms with Crippen molar-refractivity contribution in [3.05, 3.63) is 35.4 Å². The Kier molecular flexibility index (Phi) is 6.56. The van der Waals surface area contributed by atoms with Crippen LogP contribution in [0.2, 0.25) is 0 Å². The average molecular weight is 343 g/mol. The van der Waals surface area contributed by atoms with Crippen molar-refractivity contribution in [2.45, 2.75) is 12.8 Å². The Bertz CT molecular complexity index is 493. The highest BCUT2D eigenvalue weighted by atomic mass is 35.5. The van der Waals surface area contributed by atoms with Crippen LogP contribution in [0.25, 0.3) is 0 Å². The molecule has 0 aromatic rings. The number of allylic oxidation sites excluding steroid dienone is 6. The number of amides is 1. The monoisotopic (exact) mass is 342 g/mol. The second-order valence-corrected chi connectivity index (χ2v) is 7.48. The Morgan fingerprint density at radius 3 is 3.23 bits per heavy atom. The average Bonchev–Trinajstić information content (AvgIpc) is 2.48. The Hall–Kier alpha value is -0.750. The molecule has 1 aliphatic heterocycles. The maximum Gasteiger partial charge on any atom is 0.253 e. The van der Waals surface area contributed by atoms with Crippen molar-refractivity contribution < 1.29 is 10.0 Å². The number of hydroxylamine groups is 1. The molecule has 22 heavy (non-hydrogen) atoms. The molecule has 2 N–H and O–H groups in total. The van der Waals surface area contributed by atoms with Crippen LogP contribution in [-0.4, -0.2) is 47.7 Å². The summed E-state index contributed by atoms with van der Waals surface area (Å²) in [6.07, 6.45) is 12.5. The topological polar surface area (TPSA) is 52.6 Å². The highest BCUT2D eigenvalue weighted by Gasteiger charge is 2.39. The molecule has 1 saturated heterocycles. The van der Waals surface area contributed by atoms with E-state index in [1.54, 1.807) is 17.2 Å². The number of thioether (sulfide) groups is 1. The van der Waals surface area contributed by atoms with Crippen LogP contribution in [0.1, 0.15) is 12.8 Å². The normalized spacial score (nSPS) is 34.3. The zero-order valence-corrected chi connectivity index (χ0v) is 14.4. The van der Waals surface area contributed by atoms with Crippen molar-refractivity contribution in [3.63, 3.8) is 0 Å².